The molecule has 81 valence electrons. The molecule has 0 amide bonds. The lowest BCUT2D eigenvalue weighted by Gasteiger charge is -2.26. The number of benzene rings is 1. The summed E-state index contributed by atoms with van der Waals surface area (Å²) in [6.07, 6.45) is 1.07. The third kappa shape index (κ3) is 3.22. The van der Waals surface area contributed by atoms with Crippen LogP contribution >= 0.6 is 0 Å². The quantitative estimate of drug-likeness (QED) is 0.749. The SMILES string of the molecule is [NH]c1ccc(CCN2CCOCC2)cc1. The Kier molecular flexibility index (Phi) is 3.59. The molecule has 0 saturated carbocycles. The first-order chi connectivity index (χ1) is 7.34. The van der Waals surface area contributed by atoms with Crippen LogP contribution in [0.5, 0.6) is 0 Å². The summed E-state index contributed by atoms with van der Waals surface area (Å²) in [6.45, 7) is 4.94. The smallest absolute Gasteiger partial charge is 0.0594 e. The second kappa shape index (κ2) is 5.14. The molecule has 1 aliphatic heterocycles. The van der Waals surface area contributed by atoms with Gasteiger partial charge in [0.1, 0.15) is 0 Å². The molecule has 1 fully saturated rings. The number of rotatable bonds is 3. The van der Waals surface area contributed by atoms with Gasteiger partial charge < -0.3 is 10.5 Å². The van der Waals surface area contributed by atoms with E-state index in [-0.39, 0.29) is 0 Å². The molecule has 3 heteroatoms. The number of ether oxygens (including phenoxy) is 1. The average Bonchev–Trinajstić information content (AvgIpc) is 2.30. The van der Waals surface area contributed by atoms with Gasteiger partial charge in [-0.3, -0.25) is 4.90 Å². The van der Waals surface area contributed by atoms with E-state index in [1.165, 1.54) is 5.56 Å². The maximum Gasteiger partial charge on any atom is 0.0594 e. The third-order valence-corrected chi connectivity index (χ3v) is 2.77. The molecule has 0 aromatic heterocycles. The molecule has 15 heavy (non-hydrogen) atoms. The fourth-order valence-electron chi connectivity index (χ4n) is 1.78. The Labute approximate surface area is 90.8 Å². The van der Waals surface area contributed by atoms with Crippen molar-refractivity contribution in [3.05, 3.63) is 29.8 Å². The second-order valence-electron chi connectivity index (χ2n) is 3.90. The first-order valence-electron chi connectivity index (χ1n) is 5.45. The Hall–Kier alpha value is -1.06. The topological polar surface area (TPSA) is 36.3 Å². The van der Waals surface area contributed by atoms with Crippen molar-refractivity contribution in [2.24, 2.45) is 0 Å². The molecule has 0 spiro atoms. The summed E-state index contributed by atoms with van der Waals surface area (Å²) < 4.78 is 5.30. The summed E-state index contributed by atoms with van der Waals surface area (Å²) in [5.41, 5.74) is 9.30. The van der Waals surface area contributed by atoms with Crippen LogP contribution < -0.4 is 5.73 Å². The average molecular weight is 205 g/mol. The maximum absolute atomic E-state index is 7.39. The summed E-state index contributed by atoms with van der Waals surface area (Å²) in [5.74, 6) is 0. The van der Waals surface area contributed by atoms with E-state index in [9.17, 15) is 0 Å². The highest BCUT2D eigenvalue weighted by molar-refractivity contribution is 5.35. The monoisotopic (exact) mass is 205 g/mol. The summed E-state index contributed by atoms with van der Waals surface area (Å²) in [5, 5.41) is 0. The van der Waals surface area contributed by atoms with Crippen LogP contribution in [0, 0.1) is 0 Å². The lowest BCUT2D eigenvalue weighted by atomic mass is 10.1. The highest BCUT2D eigenvalue weighted by Gasteiger charge is 2.09. The van der Waals surface area contributed by atoms with Crippen LogP contribution in [0.15, 0.2) is 24.3 Å². The van der Waals surface area contributed by atoms with E-state index in [1.54, 1.807) is 0 Å². The van der Waals surface area contributed by atoms with Crippen molar-refractivity contribution in [3.8, 4) is 0 Å². The Morgan fingerprint density at radius 2 is 1.80 bits per heavy atom. The first kappa shape index (κ1) is 10.5. The van der Waals surface area contributed by atoms with E-state index in [0.717, 1.165) is 39.3 Å². The minimum atomic E-state index is 0.588. The summed E-state index contributed by atoms with van der Waals surface area (Å²) in [4.78, 5) is 2.43. The molecular formula is C12H17N2O. The van der Waals surface area contributed by atoms with Crippen LogP contribution in [0.25, 0.3) is 0 Å². The van der Waals surface area contributed by atoms with Crippen LogP contribution in [0.3, 0.4) is 0 Å². The molecule has 1 heterocycles. The zero-order chi connectivity index (χ0) is 10.5. The Balaban J connectivity index is 1.79. The van der Waals surface area contributed by atoms with E-state index < -0.39 is 0 Å². The van der Waals surface area contributed by atoms with Gasteiger partial charge in [-0.05, 0) is 24.1 Å². The molecule has 1 aliphatic rings. The van der Waals surface area contributed by atoms with Crippen molar-refractivity contribution in [1.82, 2.24) is 10.6 Å². The van der Waals surface area contributed by atoms with Gasteiger partial charge in [-0.2, -0.15) is 0 Å². The molecule has 0 unspecified atom stereocenters. The van der Waals surface area contributed by atoms with Crippen molar-refractivity contribution < 1.29 is 4.74 Å². The fraction of sp³-hybridized carbons (Fsp3) is 0.500. The molecule has 0 bridgehead atoms. The predicted octanol–water partition coefficient (Wildman–Crippen LogP) is 1.48. The molecule has 0 aliphatic carbocycles. The number of morpholine rings is 1. The lowest BCUT2D eigenvalue weighted by molar-refractivity contribution is 0.0384. The van der Waals surface area contributed by atoms with E-state index in [2.05, 4.69) is 4.90 Å². The summed E-state index contributed by atoms with van der Waals surface area (Å²) in [6, 6.07) is 7.80. The number of hydrogen-bond acceptors (Lipinski definition) is 2. The van der Waals surface area contributed by atoms with Gasteiger partial charge >= 0.3 is 0 Å². The van der Waals surface area contributed by atoms with Gasteiger partial charge in [-0.1, -0.05) is 12.1 Å². The molecule has 1 saturated heterocycles. The first-order valence-corrected chi connectivity index (χ1v) is 5.45. The van der Waals surface area contributed by atoms with E-state index >= 15 is 0 Å². The van der Waals surface area contributed by atoms with Crippen molar-refractivity contribution in [1.29, 1.82) is 0 Å². The second-order valence-corrected chi connectivity index (χ2v) is 3.90. The molecule has 2 rings (SSSR count). The normalized spacial score (nSPS) is 17.9. The Morgan fingerprint density at radius 1 is 1.13 bits per heavy atom. The lowest BCUT2D eigenvalue weighted by Crippen LogP contribution is -2.37. The third-order valence-electron chi connectivity index (χ3n) is 2.77. The van der Waals surface area contributed by atoms with Crippen LogP contribution in [-0.2, 0) is 11.2 Å². The Bertz CT molecular complexity index is 291. The molecular weight excluding hydrogens is 188 g/mol. The number of hydrogen-bond donors (Lipinski definition) is 0. The Morgan fingerprint density at radius 3 is 2.47 bits per heavy atom. The minimum Gasteiger partial charge on any atom is -0.379 e. The van der Waals surface area contributed by atoms with E-state index in [0.29, 0.717) is 5.69 Å². The van der Waals surface area contributed by atoms with Gasteiger partial charge in [0.15, 0.2) is 0 Å². The van der Waals surface area contributed by atoms with Crippen molar-refractivity contribution in [2.75, 3.05) is 32.8 Å². The molecule has 3 nitrogen and oxygen atoms in total. The largest absolute Gasteiger partial charge is 0.379 e. The van der Waals surface area contributed by atoms with Crippen LogP contribution in [0.2, 0.25) is 0 Å². The van der Waals surface area contributed by atoms with Gasteiger partial charge in [0.2, 0.25) is 0 Å². The van der Waals surface area contributed by atoms with Gasteiger partial charge in [0.05, 0.1) is 18.9 Å². The van der Waals surface area contributed by atoms with Crippen molar-refractivity contribution in [2.45, 2.75) is 6.42 Å². The van der Waals surface area contributed by atoms with Crippen molar-refractivity contribution >= 4 is 5.69 Å². The molecule has 1 aromatic carbocycles. The standard InChI is InChI=1S/C12H17N2O/c13-12-3-1-11(2-4-12)5-6-14-7-9-15-10-8-14/h1-4,13H,5-10H2. The highest BCUT2D eigenvalue weighted by atomic mass is 16.5. The van der Waals surface area contributed by atoms with Gasteiger partial charge in [0.25, 0.3) is 0 Å². The summed E-state index contributed by atoms with van der Waals surface area (Å²) >= 11 is 0. The number of nitrogens with one attached hydrogen (secondary N) is 1. The zero-order valence-electron chi connectivity index (χ0n) is 8.91. The minimum absolute atomic E-state index is 0.588. The van der Waals surface area contributed by atoms with E-state index in [1.807, 2.05) is 24.3 Å². The number of nitrogens with zero attached hydrogens (tertiary/aromatic N) is 1. The van der Waals surface area contributed by atoms with Crippen LogP contribution in [0.1, 0.15) is 5.56 Å². The molecule has 1 aromatic rings. The fourth-order valence-corrected chi connectivity index (χ4v) is 1.78. The highest BCUT2D eigenvalue weighted by Crippen LogP contribution is 2.08. The predicted molar refractivity (Wildman–Crippen MR) is 60.2 cm³/mol. The van der Waals surface area contributed by atoms with Crippen molar-refractivity contribution in [3.63, 3.8) is 0 Å². The van der Waals surface area contributed by atoms with Gasteiger partial charge in [-0.15, -0.1) is 0 Å². The van der Waals surface area contributed by atoms with Gasteiger partial charge in [-0.25, -0.2) is 0 Å². The maximum atomic E-state index is 7.39. The summed E-state index contributed by atoms with van der Waals surface area (Å²) in [7, 11) is 0. The molecule has 1 N–H and O–H groups in total. The van der Waals surface area contributed by atoms with E-state index in [4.69, 9.17) is 10.5 Å². The zero-order valence-corrected chi connectivity index (χ0v) is 8.91. The molecule has 0 atom stereocenters. The molecule has 1 radical (unpaired) electrons. The van der Waals surface area contributed by atoms with Gasteiger partial charge in [0, 0.05) is 19.6 Å². The van der Waals surface area contributed by atoms with Crippen LogP contribution in [0.4, 0.5) is 5.69 Å². The van der Waals surface area contributed by atoms with Crippen LogP contribution in [-0.4, -0.2) is 37.7 Å².